The van der Waals surface area contributed by atoms with Crippen LogP contribution in [0.1, 0.15) is 46.2 Å². The summed E-state index contributed by atoms with van der Waals surface area (Å²) in [4.78, 5) is 24.7. The Morgan fingerprint density at radius 2 is 2.04 bits per heavy atom. The Kier molecular flexibility index (Phi) is 4.79. The van der Waals surface area contributed by atoms with Crippen LogP contribution in [0.5, 0.6) is 0 Å². The number of alkyl halides is 3. The van der Waals surface area contributed by atoms with Crippen molar-refractivity contribution in [1.29, 1.82) is 0 Å². The molecule has 1 aromatic heterocycles. The van der Waals surface area contributed by atoms with Gasteiger partial charge in [-0.15, -0.1) is 0 Å². The van der Waals surface area contributed by atoms with E-state index >= 15 is 0 Å². The van der Waals surface area contributed by atoms with E-state index in [0.717, 1.165) is 12.1 Å². The van der Waals surface area contributed by atoms with E-state index in [0.29, 0.717) is 12.8 Å². The van der Waals surface area contributed by atoms with E-state index in [1.54, 1.807) is 6.92 Å². The number of carbonyl (C=O) groups is 2. The summed E-state index contributed by atoms with van der Waals surface area (Å²) >= 11 is 5.68. The van der Waals surface area contributed by atoms with Gasteiger partial charge in [-0.05, 0) is 38.0 Å². The predicted molar refractivity (Wildman–Crippen MR) is 85.0 cm³/mol. The van der Waals surface area contributed by atoms with Gasteiger partial charge in [0, 0.05) is 16.5 Å². The first-order valence-corrected chi connectivity index (χ1v) is 8.20. The molecule has 1 heterocycles. The lowest BCUT2D eigenvalue weighted by atomic mass is 9.97. The lowest BCUT2D eigenvalue weighted by Gasteiger charge is -2.12. The summed E-state index contributed by atoms with van der Waals surface area (Å²) in [6, 6.07) is 3.06. The standard InChI is InChI=1S/C17H13ClF3NO4/c1-2-25-16(24)13-12(14(23)8-3-4-8)15(26-22-13)10-6-5-9(18)7-11(10)17(19,20)21/h5-8H,2-4H2,1H3. The zero-order valence-electron chi connectivity index (χ0n) is 13.5. The van der Waals surface area contributed by atoms with Gasteiger partial charge in [-0.2, -0.15) is 13.2 Å². The third kappa shape index (κ3) is 3.46. The molecule has 0 spiro atoms. The van der Waals surface area contributed by atoms with Gasteiger partial charge < -0.3 is 9.26 Å². The van der Waals surface area contributed by atoms with Crippen LogP contribution in [0, 0.1) is 5.92 Å². The number of ketones is 1. The normalized spacial score (nSPS) is 14.3. The molecular weight excluding hydrogens is 375 g/mol. The Morgan fingerprint density at radius 3 is 2.62 bits per heavy atom. The maximum Gasteiger partial charge on any atom is 0.417 e. The van der Waals surface area contributed by atoms with Crippen molar-refractivity contribution >= 4 is 23.4 Å². The maximum absolute atomic E-state index is 13.4. The van der Waals surface area contributed by atoms with Gasteiger partial charge in [-0.1, -0.05) is 16.8 Å². The second-order valence-corrected chi connectivity index (χ2v) is 6.22. The summed E-state index contributed by atoms with van der Waals surface area (Å²) in [6.07, 6.45) is -3.55. The number of hydrogen-bond donors (Lipinski definition) is 0. The van der Waals surface area contributed by atoms with Crippen LogP contribution >= 0.6 is 11.6 Å². The zero-order chi connectivity index (χ0) is 19.1. The Bertz CT molecular complexity index is 871. The smallest absolute Gasteiger partial charge is 0.417 e. The van der Waals surface area contributed by atoms with Crippen molar-refractivity contribution in [2.45, 2.75) is 25.9 Å². The number of Topliss-reactive ketones (excluding diaryl/α,β-unsaturated/α-hetero) is 1. The van der Waals surface area contributed by atoms with Crippen LogP contribution in [-0.2, 0) is 10.9 Å². The second kappa shape index (κ2) is 6.75. The van der Waals surface area contributed by atoms with Crippen molar-refractivity contribution < 1.29 is 32.0 Å². The van der Waals surface area contributed by atoms with Crippen LogP contribution in [0.25, 0.3) is 11.3 Å². The highest BCUT2D eigenvalue weighted by Crippen LogP contribution is 2.42. The van der Waals surface area contributed by atoms with Crippen molar-refractivity contribution in [3.05, 3.63) is 40.0 Å². The third-order valence-electron chi connectivity index (χ3n) is 3.89. The molecule has 0 amide bonds. The molecule has 9 heteroatoms. The molecule has 0 atom stereocenters. The molecule has 1 aromatic carbocycles. The van der Waals surface area contributed by atoms with Gasteiger partial charge in [0.1, 0.15) is 5.56 Å². The van der Waals surface area contributed by atoms with Crippen LogP contribution in [-0.4, -0.2) is 23.5 Å². The Labute approximate surface area is 151 Å². The van der Waals surface area contributed by atoms with Gasteiger partial charge in [0.15, 0.2) is 11.5 Å². The average Bonchev–Trinajstić information content (AvgIpc) is 3.32. The van der Waals surface area contributed by atoms with Gasteiger partial charge >= 0.3 is 12.1 Å². The SMILES string of the molecule is CCOC(=O)c1noc(-c2ccc(Cl)cc2C(F)(F)F)c1C(=O)C1CC1. The van der Waals surface area contributed by atoms with Gasteiger partial charge in [0.25, 0.3) is 0 Å². The topological polar surface area (TPSA) is 69.4 Å². The minimum Gasteiger partial charge on any atom is -0.461 e. The Morgan fingerprint density at radius 1 is 1.35 bits per heavy atom. The molecular formula is C17H13ClF3NO4. The fourth-order valence-electron chi connectivity index (χ4n) is 2.54. The number of halogens is 4. The number of aromatic nitrogens is 1. The predicted octanol–water partition coefficient (Wildman–Crippen LogP) is 4.78. The molecule has 2 aromatic rings. The minimum absolute atomic E-state index is 0.0207. The van der Waals surface area contributed by atoms with Crippen LogP contribution in [0.15, 0.2) is 22.7 Å². The zero-order valence-corrected chi connectivity index (χ0v) is 14.3. The lowest BCUT2D eigenvalue weighted by Crippen LogP contribution is -2.14. The molecule has 0 unspecified atom stereocenters. The number of benzene rings is 1. The van der Waals surface area contributed by atoms with Gasteiger partial charge in [-0.25, -0.2) is 4.79 Å². The summed E-state index contributed by atoms with van der Waals surface area (Å²) in [6.45, 7) is 1.58. The van der Waals surface area contributed by atoms with Crippen molar-refractivity contribution in [1.82, 2.24) is 5.16 Å². The number of esters is 1. The van der Waals surface area contributed by atoms with Crippen LogP contribution in [0.2, 0.25) is 5.02 Å². The molecule has 1 fully saturated rings. The van der Waals surface area contributed by atoms with E-state index in [4.69, 9.17) is 20.9 Å². The maximum atomic E-state index is 13.4. The fourth-order valence-corrected chi connectivity index (χ4v) is 2.71. The summed E-state index contributed by atoms with van der Waals surface area (Å²) in [7, 11) is 0. The molecule has 0 N–H and O–H groups in total. The molecule has 0 saturated heterocycles. The highest BCUT2D eigenvalue weighted by Gasteiger charge is 2.41. The monoisotopic (exact) mass is 387 g/mol. The molecule has 26 heavy (non-hydrogen) atoms. The first-order chi connectivity index (χ1) is 12.2. The minimum atomic E-state index is -4.74. The largest absolute Gasteiger partial charge is 0.461 e. The molecule has 1 saturated carbocycles. The molecule has 5 nitrogen and oxygen atoms in total. The van der Waals surface area contributed by atoms with Crippen LogP contribution < -0.4 is 0 Å². The van der Waals surface area contributed by atoms with E-state index in [1.807, 2.05) is 0 Å². The highest BCUT2D eigenvalue weighted by molar-refractivity contribution is 6.30. The first kappa shape index (κ1) is 18.4. The van der Waals surface area contributed by atoms with E-state index in [1.165, 1.54) is 6.07 Å². The van der Waals surface area contributed by atoms with Gasteiger partial charge in [-0.3, -0.25) is 4.79 Å². The van der Waals surface area contributed by atoms with E-state index in [2.05, 4.69) is 5.16 Å². The molecule has 138 valence electrons. The Balaban J connectivity index is 2.20. The number of hydrogen-bond acceptors (Lipinski definition) is 5. The van der Waals surface area contributed by atoms with E-state index < -0.39 is 40.5 Å². The second-order valence-electron chi connectivity index (χ2n) is 5.78. The van der Waals surface area contributed by atoms with E-state index in [9.17, 15) is 22.8 Å². The van der Waals surface area contributed by atoms with E-state index in [-0.39, 0.29) is 23.1 Å². The molecule has 3 rings (SSSR count). The number of carbonyl (C=O) groups excluding carboxylic acids is 2. The van der Waals surface area contributed by atoms with Crippen LogP contribution in [0.3, 0.4) is 0 Å². The number of ether oxygens (including phenoxy) is 1. The van der Waals surface area contributed by atoms with Crippen molar-refractivity contribution in [2.75, 3.05) is 6.61 Å². The summed E-state index contributed by atoms with van der Waals surface area (Å²) in [5.41, 5.74) is -2.18. The fraction of sp³-hybridized carbons (Fsp3) is 0.353. The Hall–Kier alpha value is -2.35. The average molecular weight is 388 g/mol. The van der Waals surface area contributed by atoms with Gasteiger partial charge in [0.2, 0.25) is 5.69 Å². The third-order valence-corrected chi connectivity index (χ3v) is 4.12. The molecule has 1 aliphatic rings. The number of nitrogens with zero attached hydrogens (tertiary/aromatic N) is 1. The van der Waals surface area contributed by atoms with Crippen molar-refractivity contribution in [3.63, 3.8) is 0 Å². The lowest BCUT2D eigenvalue weighted by molar-refractivity contribution is -0.137. The van der Waals surface area contributed by atoms with Crippen molar-refractivity contribution in [2.24, 2.45) is 5.92 Å². The number of rotatable bonds is 5. The summed E-state index contributed by atoms with van der Waals surface area (Å²) in [5, 5.41) is 3.39. The highest BCUT2D eigenvalue weighted by atomic mass is 35.5. The summed E-state index contributed by atoms with van der Waals surface area (Å²) in [5.74, 6) is -2.17. The molecule has 1 aliphatic carbocycles. The van der Waals surface area contributed by atoms with Crippen molar-refractivity contribution in [3.8, 4) is 11.3 Å². The first-order valence-electron chi connectivity index (χ1n) is 7.82. The van der Waals surface area contributed by atoms with Crippen LogP contribution in [0.4, 0.5) is 13.2 Å². The quantitative estimate of drug-likeness (QED) is 0.545. The van der Waals surface area contributed by atoms with Gasteiger partial charge in [0.05, 0.1) is 12.2 Å². The molecule has 0 bridgehead atoms. The molecule has 0 aliphatic heterocycles. The summed E-state index contributed by atoms with van der Waals surface area (Å²) < 4.78 is 50.1. The molecule has 0 radical (unpaired) electrons.